The molecule has 0 aromatic carbocycles. The lowest BCUT2D eigenvalue weighted by atomic mass is 9.76. The van der Waals surface area contributed by atoms with E-state index in [4.69, 9.17) is 0 Å². The lowest BCUT2D eigenvalue weighted by Crippen LogP contribution is -2.37. The molecule has 0 saturated heterocycles. The zero-order valence-corrected chi connectivity index (χ0v) is 17.0. The van der Waals surface area contributed by atoms with Gasteiger partial charge in [-0.3, -0.25) is 20.2 Å². The highest BCUT2D eigenvalue weighted by atomic mass is 16.6. The van der Waals surface area contributed by atoms with Gasteiger partial charge in [0, 0.05) is 46.4 Å². The van der Waals surface area contributed by atoms with Crippen LogP contribution in [-0.4, -0.2) is 34.5 Å². The van der Waals surface area contributed by atoms with Crippen LogP contribution in [-0.2, 0) is 9.59 Å². The largest absolute Gasteiger partial charge is 0.303 e. The lowest BCUT2D eigenvalue weighted by Gasteiger charge is -2.28. The Morgan fingerprint density at radius 3 is 1.32 bits per heavy atom. The van der Waals surface area contributed by atoms with E-state index >= 15 is 0 Å². The number of aldehydes is 2. The fourth-order valence-corrected chi connectivity index (χ4v) is 4.80. The first kappa shape index (κ1) is 24.2. The van der Waals surface area contributed by atoms with Gasteiger partial charge < -0.3 is 9.59 Å². The van der Waals surface area contributed by atoms with Gasteiger partial charge in [-0.05, 0) is 38.5 Å². The normalized spacial score (nSPS) is 29.5. The van der Waals surface area contributed by atoms with Crippen molar-refractivity contribution in [2.45, 2.75) is 90.1 Å². The van der Waals surface area contributed by atoms with Gasteiger partial charge in [0.05, 0.1) is 0 Å². The molecule has 2 saturated carbocycles. The first-order valence-electron chi connectivity index (χ1n) is 10.6. The Morgan fingerprint density at radius 2 is 1.07 bits per heavy atom. The minimum atomic E-state index is -0.487. The summed E-state index contributed by atoms with van der Waals surface area (Å²) in [5.74, 6) is -0.293. The van der Waals surface area contributed by atoms with E-state index in [0.717, 1.165) is 63.9 Å². The number of hydrogen-bond donors (Lipinski definition) is 0. The van der Waals surface area contributed by atoms with Gasteiger partial charge >= 0.3 is 0 Å². The molecule has 28 heavy (non-hydrogen) atoms. The highest BCUT2D eigenvalue weighted by molar-refractivity contribution is 5.54. The van der Waals surface area contributed by atoms with Crippen LogP contribution in [0.1, 0.15) is 78.1 Å². The lowest BCUT2D eigenvalue weighted by molar-refractivity contribution is -0.537. The molecule has 2 aliphatic carbocycles. The Hall–Kier alpha value is -1.86. The SMILES string of the molecule is CC[C@H](C=O)[C@@H]1CCCC[C@@H]1[N+](=O)[O-].CC[C@H](C=O)[C@@H]1CCCC[C@H]1[N+](=O)[O-]. The van der Waals surface area contributed by atoms with Crippen molar-refractivity contribution in [3.63, 3.8) is 0 Å². The fourth-order valence-electron chi connectivity index (χ4n) is 4.80. The van der Waals surface area contributed by atoms with Crippen molar-refractivity contribution in [2.24, 2.45) is 23.7 Å². The quantitative estimate of drug-likeness (QED) is 0.345. The molecule has 0 amide bonds. The second-order valence-corrected chi connectivity index (χ2v) is 8.02. The Labute approximate surface area is 166 Å². The second kappa shape index (κ2) is 12.6. The van der Waals surface area contributed by atoms with Crippen molar-refractivity contribution in [2.75, 3.05) is 0 Å². The van der Waals surface area contributed by atoms with Crippen LogP contribution in [0.2, 0.25) is 0 Å². The summed E-state index contributed by atoms with van der Waals surface area (Å²) in [5, 5.41) is 21.6. The first-order valence-corrected chi connectivity index (χ1v) is 10.6. The predicted octanol–water partition coefficient (Wildman–Crippen LogP) is 4.09. The minimum absolute atomic E-state index is 0.0266. The zero-order valence-electron chi connectivity index (χ0n) is 17.0. The Kier molecular flexibility index (Phi) is 10.9. The molecule has 0 aromatic heterocycles. The highest BCUT2D eigenvalue weighted by Gasteiger charge is 2.39. The Morgan fingerprint density at radius 1 is 0.750 bits per heavy atom. The number of carbonyl (C=O) groups excluding carboxylic acids is 2. The van der Waals surface area contributed by atoms with Gasteiger partial charge in [0.2, 0.25) is 12.1 Å². The van der Waals surface area contributed by atoms with Crippen LogP contribution in [0.4, 0.5) is 0 Å². The fraction of sp³-hybridized carbons (Fsp3) is 0.900. The second-order valence-electron chi connectivity index (χ2n) is 8.02. The molecule has 6 atom stereocenters. The predicted molar refractivity (Wildman–Crippen MR) is 105 cm³/mol. The average molecular weight is 399 g/mol. The van der Waals surface area contributed by atoms with E-state index in [0.29, 0.717) is 12.8 Å². The Bertz CT molecular complexity index is 481. The molecular weight excluding hydrogens is 364 g/mol. The van der Waals surface area contributed by atoms with Crippen LogP contribution >= 0.6 is 0 Å². The molecule has 8 nitrogen and oxygen atoms in total. The summed E-state index contributed by atoms with van der Waals surface area (Å²) in [6.45, 7) is 3.84. The molecular formula is C20H34N2O6. The topological polar surface area (TPSA) is 120 Å². The van der Waals surface area contributed by atoms with Crippen LogP contribution in [0.15, 0.2) is 0 Å². The van der Waals surface area contributed by atoms with E-state index in [9.17, 15) is 29.8 Å². The van der Waals surface area contributed by atoms with Gasteiger partial charge in [0.1, 0.15) is 12.6 Å². The summed E-state index contributed by atoms with van der Waals surface area (Å²) in [7, 11) is 0. The molecule has 2 aliphatic rings. The molecule has 0 radical (unpaired) electrons. The van der Waals surface area contributed by atoms with Gasteiger partial charge in [0.15, 0.2) is 0 Å². The highest BCUT2D eigenvalue weighted by Crippen LogP contribution is 2.33. The van der Waals surface area contributed by atoms with E-state index in [-0.39, 0.29) is 33.5 Å². The summed E-state index contributed by atoms with van der Waals surface area (Å²) < 4.78 is 0. The smallest absolute Gasteiger partial charge is 0.216 e. The number of nitrogens with zero attached hydrogens (tertiary/aromatic N) is 2. The summed E-state index contributed by atoms with van der Waals surface area (Å²) in [6.07, 6.45) is 10.1. The molecule has 0 bridgehead atoms. The maximum Gasteiger partial charge on any atom is 0.216 e. The van der Waals surface area contributed by atoms with Crippen molar-refractivity contribution >= 4 is 12.6 Å². The van der Waals surface area contributed by atoms with Crippen LogP contribution in [0.5, 0.6) is 0 Å². The van der Waals surface area contributed by atoms with Crippen molar-refractivity contribution in [1.29, 1.82) is 0 Å². The third-order valence-corrected chi connectivity index (χ3v) is 6.50. The molecule has 0 spiro atoms. The number of rotatable bonds is 8. The van der Waals surface area contributed by atoms with E-state index in [2.05, 4.69) is 0 Å². The first-order chi connectivity index (χ1) is 13.4. The van der Waals surface area contributed by atoms with Gasteiger partial charge in [0.25, 0.3) is 0 Å². The number of carbonyl (C=O) groups is 2. The average Bonchev–Trinajstić information content (AvgIpc) is 2.71. The van der Waals surface area contributed by atoms with Crippen molar-refractivity contribution in [3.8, 4) is 0 Å². The minimum Gasteiger partial charge on any atom is -0.303 e. The van der Waals surface area contributed by atoms with Crippen LogP contribution in [0.3, 0.4) is 0 Å². The summed E-state index contributed by atoms with van der Waals surface area (Å²) >= 11 is 0. The van der Waals surface area contributed by atoms with Gasteiger partial charge in [-0.2, -0.15) is 0 Å². The van der Waals surface area contributed by atoms with Gasteiger partial charge in [-0.1, -0.05) is 26.7 Å². The molecule has 0 heterocycles. The van der Waals surface area contributed by atoms with Crippen molar-refractivity contribution in [3.05, 3.63) is 20.2 Å². The molecule has 0 N–H and O–H groups in total. The van der Waals surface area contributed by atoms with E-state index in [1.54, 1.807) is 0 Å². The third kappa shape index (κ3) is 6.63. The van der Waals surface area contributed by atoms with Crippen LogP contribution < -0.4 is 0 Å². The van der Waals surface area contributed by atoms with Gasteiger partial charge in [-0.25, -0.2) is 0 Å². The molecule has 0 aliphatic heterocycles. The molecule has 0 aromatic rings. The molecule has 160 valence electrons. The zero-order chi connectivity index (χ0) is 21.1. The van der Waals surface area contributed by atoms with Crippen LogP contribution in [0, 0.1) is 43.9 Å². The van der Waals surface area contributed by atoms with E-state index in [1.807, 2.05) is 13.8 Å². The number of nitro groups is 2. The van der Waals surface area contributed by atoms with E-state index < -0.39 is 12.1 Å². The Balaban J connectivity index is 0.000000280. The molecule has 2 fully saturated rings. The van der Waals surface area contributed by atoms with Crippen molar-refractivity contribution < 1.29 is 19.4 Å². The third-order valence-electron chi connectivity index (χ3n) is 6.50. The number of hydrogen-bond acceptors (Lipinski definition) is 6. The molecule has 2 rings (SSSR count). The monoisotopic (exact) mass is 398 g/mol. The van der Waals surface area contributed by atoms with Crippen molar-refractivity contribution in [1.82, 2.24) is 0 Å². The standard InChI is InChI=1S/2C10H17NO3/c2*1-2-8(7-12)9-5-3-4-6-10(9)11(13)14/h2*7-10H,2-6H2,1H3/t8-,9+,10+;8-,9+,10-/m11/s1. The van der Waals surface area contributed by atoms with E-state index in [1.165, 1.54) is 0 Å². The molecule has 0 unspecified atom stereocenters. The van der Waals surface area contributed by atoms with Crippen LogP contribution in [0.25, 0.3) is 0 Å². The maximum atomic E-state index is 10.8. The summed E-state index contributed by atoms with van der Waals surface area (Å²) in [5.41, 5.74) is 0. The molecule has 8 heteroatoms. The summed E-state index contributed by atoms with van der Waals surface area (Å²) in [4.78, 5) is 42.7. The van der Waals surface area contributed by atoms with Gasteiger partial charge in [-0.15, -0.1) is 0 Å². The maximum absolute atomic E-state index is 10.8. The summed E-state index contributed by atoms with van der Waals surface area (Å²) in [6, 6.07) is -0.974.